The number of rotatable bonds is 3. The van der Waals surface area contributed by atoms with E-state index in [1.807, 2.05) is 0 Å². The van der Waals surface area contributed by atoms with Gasteiger partial charge in [0, 0.05) is 0 Å². The lowest BCUT2D eigenvalue weighted by Gasteiger charge is -2.65. The summed E-state index contributed by atoms with van der Waals surface area (Å²) in [5.41, 5.74) is 8.04. The van der Waals surface area contributed by atoms with E-state index in [0.717, 1.165) is 23.7 Å². The maximum Gasteiger partial charge on any atom is -0.00876 e. The number of hydrogen-bond donors (Lipinski definition) is 0. The first kappa shape index (κ1) is 33.0. The Hall–Kier alpha value is -0.520. The summed E-state index contributed by atoms with van der Waals surface area (Å²) < 4.78 is 0. The second-order valence-electron chi connectivity index (χ2n) is 21.0. The molecule has 8 aliphatic rings. The fourth-order valence-electron chi connectivity index (χ4n) is 17.0. The monoisotopic (exact) mass is 615 g/mol. The highest BCUT2D eigenvalue weighted by Gasteiger charge is 2.67. The smallest absolute Gasteiger partial charge is 0.00876 e. The Morgan fingerprint density at radius 1 is 0.511 bits per heavy atom. The highest BCUT2D eigenvalue weighted by molar-refractivity contribution is 5.29. The molecule has 8 saturated carbocycles. The maximum atomic E-state index is 4.60. The van der Waals surface area contributed by atoms with E-state index < -0.39 is 0 Å². The minimum atomic E-state index is 0.530. The van der Waals surface area contributed by atoms with E-state index in [4.69, 9.17) is 0 Å². The molecule has 11 atom stereocenters. The number of hydrogen-bond acceptors (Lipinski definition) is 0. The second kappa shape index (κ2) is 10.5. The van der Waals surface area contributed by atoms with Crippen LogP contribution in [0, 0.1) is 67.0 Å². The lowest BCUT2D eigenvalue weighted by Crippen LogP contribution is -2.56. The van der Waals surface area contributed by atoms with Crippen molar-refractivity contribution >= 4 is 0 Å². The van der Waals surface area contributed by atoms with Crippen molar-refractivity contribution < 1.29 is 0 Å². The third kappa shape index (κ3) is 4.39. The molecule has 0 N–H and O–H groups in total. The minimum Gasteiger partial charge on any atom is -0.0993 e. The van der Waals surface area contributed by atoms with Crippen molar-refractivity contribution in [1.82, 2.24) is 0 Å². The third-order valence-electron chi connectivity index (χ3n) is 19.3. The van der Waals surface area contributed by atoms with Gasteiger partial charge in [-0.3, -0.25) is 0 Å². The van der Waals surface area contributed by atoms with Crippen molar-refractivity contribution in [1.29, 1.82) is 0 Å². The molecule has 8 aliphatic carbocycles. The molecule has 2 spiro atoms. The summed E-state index contributed by atoms with van der Waals surface area (Å²) in [5, 5.41) is 0. The normalized spacial score (nSPS) is 54.2. The predicted octanol–water partition coefficient (Wildman–Crippen LogP) is 13.9. The molecule has 0 aromatic rings. The van der Waals surface area contributed by atoms with Gasteiger partial charge < -0.3 is 0 Å². The van der Waals surface area contributed by atoms with Gasteiger partial charge in [0.1, 0.15) is 0 Å². The van der Waals surface area contributed by atoms with E-state index in [-0.39, 0.29) is 0 Å². The van der Waals surface area contributed by atoms with Crippen LogP contribution in [0.4, 0.5) is 0 Å². The van der Waals surface area contributed by atoms with E-state index in [0.29, 0.717) is 43.3 Å². The van der Waals surface area contributed by atoms with Crippen LogP contribution in [0.15, 0.2) is 24.3 Å². The van der Waals surface area contributed by atoms with Gasteiger partial charge in [-0.2, -0.15) is 0 Å². The Kier molecular flexibility index (Phi) is 7.69. The molecule has 0 aromatic carbocycles. The number of fused-ring (bicyclic) bond motifs is 6. The average Bonchev–Trinajstić information content (AvgIpc) is 3.33. The van der Waals surface area contributed by atoms with Gasteiger partial charge in [-0.15, -0.1) is 0 Å². The maximum absolute atomic E-state index is 4.60. The van der Waals surface area contributed by atoms with Crippen molar-refractivity contribution in [3.63, 3.8) is 0 Å². The van der Waals surface area contributed by atoms with Crippen molar-refractivity contribution in [2.75, 3.05) is 0 Å². The molecule has 0 nitrogen and oxygen atoms in total. The number of allylic oxidation sites excluding steroid dienone is 2. The van der Waals surface area contributed by atoms with Crippen LogP contribution in [-0.4, -0.2) is 0 Å². The Labute approximate surface area is 280 Å². The Morgan fingerprint density at radius 2 is 0.956 bits per heavy atom. The first-order valence-corrected chi connectivity index (χ1v) is 20.5. The molecule has 4 bridgehead atoms. The Bertz CT molecular complexity index is 1200. The quantitative estimate of drug-likeness (QED) is 0.277. The first-order chi connectivity index (χ1) is 21.1. The molecule has 0 saturated heterocycles. The Balaban J connectivity index is 0.000000145. The van der Waals surface area contributed by atoms with Gasteiger partial charge >= 0.3 is 0 Å². The summed E-state index contributed by atoms with van der Waals surface area (Å²) in [7, 11) is 0. The molecule has 0 heterocycles. The summed E-state index contributed by atoms with van der Waals surface area (Å²) in [5.74, 6) is 3.91. The van der Waals surface area contributed by atoms with Crippen LogP contribution in [0.3, 0.4) is 0 Å². The van der Waals surface area contributed by atoms with E-state index >= 15 is 0 Å². The topological polar surface area (TPSA) is 0 Å². The molecule has 0 aliphatic heterocycles. The van der Waals surface area contributed by atoms with Crippen LogP contribution in [0.2, 0.25) is 0 Å². The van der Waals surface area contributed by atoms with Crippen molar-refractivity contribution in [3.05, 3.63) is 24.3 Å². The molecule has 8 fully saturated rings. The molecule has 0 amide bonds. The van der Waals surface area contributed by atoms with Gasteiger partial charge in [0.05, 0.1) is 0 Å². The fraction of sp³-hybridized carbons (Fsp3) is 0.911. The van der Waals surface area contributed by atoms with Gasteiger partial charge in [0.2, 0.25) is 0 Å². The minimum absolute atomic E-state index is 0.530. The molecular weight excluding hydrogens is 540 g/mol. The highest BCUT2D eigenvalue weighted by Crippen LogP contribution is 2.77. The van der Waals surface area contributed by atoms with Gasteiger partial charge in [0.25, 0.3) is 0 Å². The van der Waals surface area contributed by atoms with Crippen LogP contribution >= 0.6 is 0 Å². The molecular formula is C45H74. The van der Waals surface area contributed by atoms with Crippen molar-refractivity contribution in [3.8, 4) is 0 Å². The lowest BCUT2D eigenvalue weighted by atomic mass is 9.40. The summed E-state index contributed by atoms with van der Waals surface area (Å²) in [6.07, 6.45) is 30.6. The summed E-state index contributed by atoms with van der Waals surface area (Å²) >= 11 is 0. The predicted molar refractivity (Wildman–Crippen MR) is 194 cm³/mol. The van der Waals surface area contributed by atoms with Crippen molar-refractivity contribution in [2.24, 2.45) is 67.0 Å². The van der Waals surface area contributed by atoms with Crippen LogP contribution < -0.4 is 0 Å². The second-order valence-corrected chi connectivity index (χ2v) is 21.0. The van der Waals surface area contributed by atoms with Gasteiger partial charge in [-0.25, -0.2) is 0 Å². The zero-order valence-electron chi connectivity index (χ0n) is 31.6. The van der Waals surface area contributed by atoms with Crippen LogP contribution in [0.25, 0.3) is 0 Å². The molecule has 45 heavy (non-hydrogen) atoms. The van der Waals surface area contributed by atoms with Crippen LogP contribution in [0.5, 0.6) is 0 Å². The molecule has 0 heteroatoms. The van der Waals surface area contributed by atoms with E-state index in [2.05, 4.69) is 68.5 Å². The van der Waals surface area contributed by atoms with Gasteiger partial charge in [0.15, 0.2) is 0 Å². The zero-order chi connectivity index (χ0) is 32.3. The molecule has 254 valence electrons. The largest absolute Gasteiger partial charge is 0.0993 e. The third-order valence-corrected chi connectivity index (χ3v) is 19.3. The van der Waals surface area contributed by atoms with Crippen LogP contribution in [0.1, 0.15) is 190 Å². The van der Waals surface area contributed by atoms with E-state index in [9.17, 15) is 0 Å². The first-order valence-electron chi connectivity index (χ1n) is 20.5. The summed E-state index contributed by atoms with van der Waals surface area (Å²) in [6.45, 7) is 29.7. The molecule has 0 aromatic heterocycles. The summed E-state index contributed by atoms with van der Waals surface area (Å²) in [4.78, 5) is 0. The van der Waals surface area contributed by atoms with Crippen molar-refractivity contribution in [2.45, 2.75) is 190 Å². The highest BCUT2D eigenvalue weighted by atomic mass is 14.7. The van der Waals surface area contributed by atoms with E-state index in [1.54, 1.807) is 11.1 Å². The van der Waals surface area contributed by atoms with Gasteiger partial charge in [-0.1, -0.05) is 99.0 Å². The zero-order valence-corrected chi connectivity index (χ0v) is 31.6. The van der Waals surface area contributed by atoms with Crippen LogP contribution in [-0.2, 0) is 0 Å². The molecule has 4 unspecified atom stereocenters. The van der Waals surface area contributed by atoms with E-state index in [1.165, 1.54) is 135 Å². The Morgan fingerprint density at radius 3 is 1.44 bits per heavy atom. The average molecular weight is 615 g/mol. The SMILES string of the molecule is C=C1C[C@@]23CCC4C(C)(C)CCC[C@@]4(C)C2CC[C@]1(CC)C3.C=C1C[C@@]23CCC4[C@](C)(CC)CCC[C@@]4(C)C2CC[C@]1(CC)C3. The lowest BCUT2D eigenvalue weighted by molar-refractivity contribution is -0.156. The summed E-state index contributed by atoms with van der Waals surface area (Å²) in [6, 6.07) is 0. The van der Waals surface area contributed by atoms with Gasteiger partial charge in [-0.05, 0) is 183 Å². The fourth-order valence-corrected chi connectivity index (χ4v) is 17.0. The molecule has 0 radical (unpaired) electrons. The molecule has 8 rings (SSSR count). The standard InChI is InChI=1S/C23H38.C22H36/c1-6-20(4)11-8-12-21(5)18(20)9-14-23-15-17(3)22(7-2,16-23)13-10-19(21)23;1-6-21-12-9-18-20(5)11-7-10-19(3,4)17(20)8-13-22(18,15-21)14-16(21)2/h18-19H,3,6-16H2,1-2,4-5H3;17-18H,2,6-15H2,1,3-5H3/t18?,19?,20-,21-,22-,23-;17?,18?,20-,21-,22-/m11/s1.